The minimum Gasteiger partial charge on any atom is -0.398 e. The van der Waals surface area contributed by atoms with E-state index in [1.54, 1.807) is 6.07 Å². The fourth-order valence-corrected chi connectivity index (χ4v) is 2.88. The zero-order valence-electron chi connectivity index (χ0n) is 11.7. The van der Waals surface area contributed by atoms with Crippen LogP contribution in [0.1, 0.15) is 23.1 Å². The first kappa shape index (κ1) is 13.0. The van der Waals surface area contributed by atoms with E-state index in [-0.39, 0.29) is 5.82 Å². The maximum absolute atomic E-state index is 13.4. The molecular formula is C17H19FN2. The molecule has 0 amide bonds. The quantitative estimate of drug-likeness (QED) is 0.844. The normalized spacial score (nSPS) is 14.2. The number of nitrogens with zero attached hydrogens (tertiary/aromatic N) is 1. The Morgan fingerprint density at radius 1 is 1.20 bits per heavy atom. The number of nitrogens with two attached hydrogens (primary N) is 1. The number of rotatable bonds is 2. The molecule has 1 aliphatic heterocycles. The summed E-state index contributed by atoms with van der Waals surface area (Å²) >= 11 is 0. The highest BCUT2D eigenvalue weighted by Gasteiger charge is 2.17. The minimum absolute atomic E-state index is 0.227. The molecule has 3 rings (SSSR count). The van der Waals surface area contributed by atoms with Crippen molar-refractivity contribution in [1.29, 1.82) is 0 Å². The maximum Gasteiger partial charge on any atom is 0.123 e. The van der Waals surface area contributed by atoms with Crippen molar-refractivity contribution in [2.75, 3.05) is 17.2 Å². The zero-order valence-corrected chi connectivity index (χ0v) is 11.7. The summed E-state index contributed by atoms with van der Waals surface area (Å²) < 4.78 is 13.4. The van der Waals surface area contributed by atoms with Gasteiger partial charge in [-0.15, -0.1) is 0 Å². The highest BCUT2D eigenvalue weighted by atomic mass is 19.1. The van der Waals surface area contributed by atoms with E-state index in [0.717, 1.165) is 24.9 Å². The van der Waals surface area contributed by atoms with Crippen LogP contribution in [-0.4, -0.2) is 6.54 Å². The monoisotopic (exact) mass is 270 g/mol. The highest BCUT2D eigenvalue weighted by Crippen LogP contribution is 2.30. The number of nitrogen functional groups attached to an aromatic ring is 1. The van der Waals surface area contributed by atoms with Crippen LogP contribution in [0.5, 0.6) is 0 Å². The van der Waals surface area contributed by atoms with Gasteiger partial charge in [-0.2, -0.15) is 0 Å². The van der Waals surface area contributed by atoms with E-state index < -0.39 is 0 Å². The Labute approximate surface area is 119 Å². The van der Waals surface area contributed by atoms with Crippen LogP contribution < -0.4 is 10.6 Å². The van der Waals surface area contributed by atoms with Crippen molar-refractivity contribution in [2.24, 2.45) is 0 Å². The van der Waals surface area contributed by atoms with Gasteiger partial charge in [0.1, 0.15) is 5.82 Å². The molecule has 1 heterocycles. The fraction of sp³-hybridized carbons (Fsp3) is 0.294. The molecule has 20 heavy (non-hydrogen) atoms. The molecule has 0 atom stereocenters. The molecule has 0 aromatic heterocycles. The average Bonchev–Trinajstić information content (AvgIpc) is 2.43. The molecular weight excluding hydrogens is 251 g/mol. The van der Waals surface area contributed by atoms with Gasteiger partial charge >= 0.3 is 0 Å². The average molecular weight is 270 g/mol. The second kappa shape index (κ2) is 5.16. The van der Waals surface area contributed by atoms with E-state index in [2.05, 4.69) is 30.0 Å². The maximum atomic E-state index is 13.4. The van der Waals surface area contributed by atoms with Crippen molar-refractivity contribution in [3.8, 4) is 0 Å². The van der Waals surface area contributed by atoms with Gasteiger partial charge in [-0.3, -0.25) is 0 Å². The predicted molar refractivity (Wildman–Crippen MR) is 81.4 cm³/mol. The molecule has 2 aromatic rings. The van der Waals surface area contributed by atoms with E-state index in [1.165, 1.54) is 28.9 Å². The van der Waals surface area contributed by atoms with E-state index >= 15 is 0 Å². The molecule has 3 heteroatoms. The summed E-state index contributed by atoms with van der Waals surface area (Å²) in [6, 6.07) is 11.1. The molecule has 0 aliphatic carbocycles. The van der Waals surface area contributed by atoms with Crippen molar-refractivity contribution < 1.29 is 4.39 Å². The van der Waals surface area contributed by atoms with Gasteiger partial charge in [0, 0.05) is 24.5 Å². The number of benzene rings is 2. The lowest BCUT2D eigenvalue weighted by molar-refractivity contribution is 0.623. The first-order valence-corrected chi connectivity index (χ1v) is 7.02. The lowest BCUT2D eigenvalue weighted by atomic mass is 9.99. The number of fused-ring (bicyclic) bond motifs is 1. The van der Waals surface area contributed by atoms with Gasteiger partial charge < -0.3 is 10.6 Å². The molecule has 0 fully saturated rings. The zero-order chi connectivity index (χ0) is 14.1. The molecule has 2 aromatic carbocycles. The fourth-order valence-electron chi connectivity index (χ4n) is 2.88. The Hall–Kier alpha value is -2.03. The van der Waals surface area contributed by atoms with Crippen LogP contribution in [0.2, 0.25) is 0 Å². The topological polar surface area (TPSA) is 29.3 Å². The molecule has 0 radical (unpaired) electrons. The summed E-state index contributed by atoms with van der Waals surface area (Å²) in [4.78, 5) is 2.30. The van der Waals surface area contributed by atoms with Crippen molar-refractivity contribution >= 4 is 11.4 Å². The van der Waals surface area contributed by atoms with Crippen LogP contribution in [0.4, 0.5) is 15.8 Å². The van der Waals surface area contributed by atoms with Gasteiger partial charge in [-0.1, -0.05) is 17.7 Å². The summed E-state index contributed by atoms with van der Waals surface area (Å²) in [5.74, 6) is -0.227. The molecule has 0 spiro atoms. The van der Waals surface area contributed by atoms with E-state index in [9.17, 15) is 4.39 Å². The van der Waals surface area contributed by atoms with Crippen LogP contribution in [-0.2, 0) is 13.0 Å². The number of anilines is 2. The number of hydrogen-bond acceptors (Lipinski definition) is 2. The number of halogens is 1. The van der Waals surface area contributed by atoms with Crippen molar-refractivity contribution in [3.63, 3.8) is 0 Å². The standard InChI is InChI=1S/C17H19FN2/c1-12-4-7-17-13(9-12)3-2-8-20(17)11-14-10-15(18)5-6-16(14)19/h4-7,9-10H,2-3,8,11,19H2,1H3. The lowest BCUT2D eigenvalue weighted by Gasteiger charge is -2.32. The lowest BCUT2D eigenvalue weighted by Crippen LogP contribution is -2.29. The third-order valence-corrected chi connectivity index (χ3v) is 3.92. The van der Waals surface area contributed by atoms with E-state index in [1.807, 2.05) is 0 Å². The van der Waals surface area contributed by atoms with Gasteiger partial charge in [-0.05, 0) is 55.2 Å². The Kier molecular flexibility index (Phi) is 3.35. The van der Waals surface area contributed by atoms with Crippen molar-refractivity contribution in [3.05, 3.63) is 58.9 Å². The van der Waals surface area contributed by atoms with Crippen LogP contribution in [0.25, 0.3) is 0 Å². The molecule has 0 bridgehead atoms. The summed E-state index contributed by atoms with van der Waals surface area (Å²) in [7, 11) is 0. The molecule has 2 nitrogen and oxygen atoms in total. The van der Waals surface area contributed by atoms with Gasteiger partial charge in [0.25, 0.3) is 0 Å². The molecule has 1 aliphatic rings. The van der Waals surface area contributed by atoms with Gasteiger partial charge in [0.2, 0.25) is 0 Å². The summed E-state index contributed by atoms with van der Waals surface area (Å²) in [6.07, 6.45) is 2.25. The Balaban J connectivity index is 1.91. The molecule has 0 saturated carbocycles. The third-order valence-electron chi connectivity index (χ3n) is 3.92. The summed E-state index contributed by atoms with van der Waals surface area (Å²) in [5, 5.41) is 0. The Morgan fingerprint density at radius 2 is 2.05 bits per heavy atom. The van der Waals surface area contributed by atoms with Crippen molar-refractivity contribution in [2.45, 2.75) is 26.3 Å². The smallest absolute Gasteiger partial charge is 0.123 e. The Bertz CT molecular complexity index is 637. The SMILES string of the molecule is Cc1ccc2c(c1)CCCN2Cc1cc(F)ccc1N. The summed E-state index contributed by atoms with van der Waals surface area (Å²) in [6.45, 7) is 3.77. The molecule has 0 unspecified atom stereocenters. The Morgan fingerprint density at radius 3 is 2.90 bits per heavy atom. The molecule has 104 valence electrons. The first-order chi connectivity index (χ1) is 9.63. The van der Waals surface area contributed by atoms with Crippen LogP contribution >= 0.6 is 0 Å². The van der Waals surface area contributed by atoms with Crippen LogP contribution in [0.3, 0.4) is 0 Å². The highest BCUT2D eigenvalue weighted by molar-refractivity contribution is 5.58. The largest absolute Gasteiger partial charge is 0.398 e. The van der Waals surface area contributed by atoms with E-state index in [4.69, 9.17) is 5.73 Å². The molecule has 2 N–H and O–H groups in total. The third kappa shape index (κ3) is 2.48. The summed E-state index contributed by atoms with van der Waals surface area (Å²) in [5.41, 5.74) is 11.4. The van der Waals surface area contributed by atoms with Gasteiger partial charge in [0.15, 0.2) is 0 Å². The predicted octanol–water partition coefficient (Wildman–Crippen LogP) is 3.67. The van der Waals surface area contributed by atoms with E-state index in [0.29, 0.717) is 12.2 Å². The minimum atomic E-state index is -0.227. The number of hydrogen-bond donors (Lipinski definition) is 1. The van der Waals surface area contributed by atoms with Crippen molar-refractivity contribution in [1.82, 2.24) is 0 Å². The van der Waals surface area contributed by atoms with Gasteiger partial charge in [0.05, 0.1) is 0 Å². The number of aryl methyl sites for hydroxylation is 2. The second-order valence-corrected chi connectivity index (χ2v) is 5.50. The van der Waals surface area contributed by atoms with Gasteiger partial charge in [-0.25, -0.2) is 4.39 Å². The van der Waals surface area contributed by atoms with Crippen LogP contribution in [0, 0.1) is 12.7 Å². The second-order valence-electron chi connectivity index (χ2n) is 5.50. The molecule has 0 saturated heterocycles. The first-order valence-electron chi connectivity index (χ1n) is 7.02. The van der Waals surface area contributed by atoms with Crippen LogP contribution in [0.15, 0.2) is 36.4 Å².